The highest BCUT2D eigenvalue weighted by Gasteiger charge is 2.43. The van der Waals surface area contributed by atoms with Crippen LogP contribution >= 0.6 is 0 Å². The molecule has 0 radical (unpaired) electrons. The summed E-state index contributed by atoms with van der Waals surface area (Å²) in [4.78, 5) is 31.8. The topological polar surface area (TPSA) is 62.3 Å². The van der Waals surface area contributed by atoms with Gasteiger partial charge in [0.25, 0.3) is 5.91 Å². The van der Waals surface area contributed by atoms with Crippen molar-refractivity contribution in [2.24, 2.45) is 0 Å². The molecule has 0 N–H and O–H groups in total. The van der Waals surface area contributed by atoms with Crippen LogP contribution < -0.4 is 19.3 Å². The molecule has 2 heterocycles. The van der Waals surface area contributed by atoms with E-state index in [1.165, 1.54) is 24.2 Å². The van der Waals surface area contributed by atoms with Crippen molar-refractivity contribution in [1.29, 1.82) is 0 Å². The Labute approximate surface area is 202 Å². The standard InChI is InChI=1S/C27H35N3O4/c1-3-4-5-6-18-34-23-12-10-21(11-13-23)30-26(31)20-25(27(30)32)29-16-14-28(15-17-29)22-8-7-9-24(19-22)33-2/h7-13,19,25H,3-6,14-18,20H2,1-2H3/t25-/m1/s1. The molecular weight excluding hydrogens is 430 g/mol. The van der Waals surface area contributed by atoms with Gasteiger partial charge in [0, 0.05) is 37.9 Å². The first-order valence-corrected chi connectivity index (χ1v) is 12.3. The number of nitrogens with zero attached hydrogens (tertiary/aromatic N) is 3. The lowest BCUT2D eigenvalue weighted by Gasteiger charge is -2.38. The fourth-order valence-electron chi connectivity index (χ4n) is 4.68. The van der Waals surface area contributed by atoms with Crippen LogP contribution in [0, 0.1) is 0 Å². The molecule has 2 amide bonds. The van der Waals surface area contributed by atoms with Crippen LogP contribution in [0.4, 0.5) is 11.4 Å². The largest absolute Gasteiger partial charge is 0.497 e. The van der Waals surface area contributed by atoms with Crippen molar-refractivity contribution in [3.63, 3.8) is 0 Å². The monoisotopic (exact) mass is 465 g/mol. The lowest BCUT2D eigenvalue weighted by molar-refractivity contribution is -0.123. The van der Waals surface area contributed by atoms with Gasteiger partial charge < -0.3 is 14.4 Å². The third kappa shape index (κ3) is 5.53. The molecule has 1 atom stereocenters. The predicted octanol–water partition coefficient (Wildman–Crippen LogP) is 4.11. The highest BCUT2D eigenvalue weighted by molar-refractivity contribution is 6.22. The third-order valence-electron chi connectivity index (χ3n) is 6.66. The summed E-state index contributed by atoms with van der Waals surface area (Å²) < 4.78 is 11.1. The summed E-state index contributed by atoms with van der Waals surface area (Å²) in [5.41, 5.74) is 1.73. The van der Waals surface area contributed by atoms with Crippen molar-refractivity contribution in [1.82, 2.24) is 4.90 Å². The third-order valence-corrected chi connectivity index (χ3v) is 6.66. The molecule has 2 aliphatic heterocycles. The van der Waals surface area contributed by atoms with Gasteiger partial charge in [-0.1, -0.05) is 32.3 Å². The number of hydrogen-bond donors (Lipinski definition) is 0. The number of carbonyl (C=O) groups excluding carboxylic acids is 2. The zero-order chi connectivity index (χ0) is 23.9. The van der Waals surface area contributed by atoms with Crippen molar-refractivity contribution < 1.29 is 19.1 Å². The maximum Gasteiger partial charge on any atom is 0.251 e. The molecule has 2 aromatic carbocycles. The summed E-state index contributed by atoms with van der Waals surface area (Å²) in [7, 11) is 1.67. The number of imide groups is 1. The lowest BCUT2D eigenvalue weighted by Crippen LogP contribution is -2.52. The number of unbranched alkanes of at least 4 members (excludes halogenated alkanes) is 3. The van der Waals surface area contributed by atoms with Gasteiger partial charge in [0.2, 0.25) is 5.91 Å². The molecule has 34 heavy (non-hydrogen) atoms. The minimum absolute atomic E-state index is 0.131. The maximum atomic E-state index is 13.2. The van der Waals surface area contributed by atoms with Gasteiger partial charge in [-0.2, -0.15) is 0 Å². The molecule has 7 heteroatoms. The van der Waals surface area contributed by atoms with E-state index in [1.54, 1.807) is 19.2 Å². The molecule has 2 fully saturated rings. The van der Waals surface area contributed by atoms with Crippen molar-refractivity contribution >= 4 is 23.2 Å². The molecule has 0 unspecified atom stereocenters. The Bertz CT molecular complexity index is 970. The van der Waals surface area contributed by atoms with Crippen LogP contribution in [0.1, 0.15) is 39.0 Å². The van der Waals surface area contributed by atoms with E-state index in [1.807, 2.05) is 30.3 Å². The highest BCUT2D eigenvalue weighted by Crippen LogP contribution is 2.29. The van der Waals surface area contributed by atoms with Gasteiger partial charge in [0.15, 0.2) is 0 Å². The molecule has 2 aliphatic rings. The minimum Gasteiger partial charge on any atom is -0.497 e. The number of anilines is 2. The number of amides is 2. The maximum absolute atomic E-state index is 13.2. The first-order chi connectivity index (χ1) is 16.6. The SMILES string of the molecule is CCCCCCOc1ccc(N2C(=O)C[C@@H](N3CCN(c4cccc(OC)c4)CC3)C2=O)cc1. The Morgan fingerprint density at radius 3 is 2.35 bits per heavy atom. The summed E-state index contributed by atoms with van der Waals surface area (Å²) in [6.45, 7) is 5.95. The van der Waals surface area contributed by atoms with Gasteiger partial charge in [-0.05, 0) is 42.8 Å². The Morgan fingerprint density at radius 1 is 0.882 bits per heavy atom. The number of piperazine rings is 1. The predicted molar refractivity (Wildman–Crippen MR) is 134 cm³/mol. The first-order valence-electron chi connectivity index (χ1n) is 12.3. The zero-order valence-electron chi connectivity index (χ0n) is 20.2. The van der Waals surface area contributed by atoms with Gasteiger partial charge in [0.05, 0.1) is 31.9 Å². The highest BCUT2D eigenvalue weighted by atomic mass is 16.5. The van der Waals surface area contributed by atoms with E-state index in [9.17, 15) is 9.59 Å². The first kappa shape index (κ1) is 24.1. The van der Waals surface area contributed by atoms with Crippen LogP contribution in [0.25, 0.3) is 0 Å². The van der Waals surface area contributed by atoms with Gasteiger partial charge >= 0.3 is 0 Å². The molecule has 0 bridgehead atoms. The number of carbonyl (C=O) groups is 2. The summed E-state index contributed by atoms with van der Waals surface area (Å²) >= 11 is 0. The average molecular weight is 466 g/mol. The molecule has 2 saturated heterocycles. The van der Waals surface area contributed by atoms with E-state index in [-0.39, 0.29) is 18.2 Å². The Balaban J connectivity index is 1.32. The second kappa shape index (κ2) is 11.4. The van der Waals surface area contributed by atoms with Crippen LogP contribution in [-0.2, 0) is 9.59 Å². The summed E-state index contributed by atoms with van der Waals surface area (Å²) in [6.07, 6.45) is 4.85. The molecule has 0 saturated carbocycles. The number of methoxy groups -OCH3 is 1. The van der Waals surface area contributed by atoms with Crippen LogP contribution in [0.15, 0.2) is 48.5 Å². The number of hydrogen-bond acceptors (Lipinski definition) is 6. The average Bonchev–Trinajstić information content (AvgIpc) is 3.18. The van der Waals surface area contributed by atoms with Gasteiger partial charge in [-0.3, -0.25) is 14.5 Å². The smallest absolute Gasteiger partial charge is 0.251 e. The molecule has 0 aromatic heterocycles. The Hall–Kier alpha value is -3.06. The molecule has 0 aliphatic carbocycles. The van der Waals surface area contributed by atoms with Crippen LogP contribution in [0.2, 0.25) is 0 Å². The van der Waals surface area contributed by atoms with Crippen LogP contribution in [-0.4, -0.2) is 62.7 Å². The van der Waals surface area contributed by atoms with E-state index in [0.717, 1.165) is 49.8 Å². The molecule has 2 aromatic rings. The number of ether oxygens (including phenoxy) is 2. The van der Waals surface area contributed by atoms with Crippen molar-refractivity contribution in [3.8, 4) is 11.5 Å². The summed E-state index contributed by atoms with van der Waals surface area (Å²) in [5, 5.41) is 0. The van der Waals surface area contributed by atoms with Crippen molar-refractivity contribution in [2.45, 2.75) is 45.1 Å². The Morgan fingerprint density at radius 2 is 1.65 bits per heavy atom. The van der Waals surface area contributed by atoms with Crippen molar-refractivity contribution in [3.05, 3.63) is 48.5 Å². The minimum atomic E-state index is -0.394. The molecule has 182 valence electrons. The van der Waals surface area contributed by atoms with E-state index in [0.29, 0.717) is 12.3 Å². The second-order valence-electron chi connectivity index (χ2n) is 8.91. The zero-order valence-corrected chi connectivity index (χ0v) is 20.2. The quantitative estimate of drug-likeness (QED) is 0.389. The van der Waals surface area contributed by atoms with E-state index >= 15 is 0 Å². The summed E-state index contributed by atoms with van der Waals surface area (Å²) in [5.74, 6) is 1.33. The van der Waals surface area contributed by atoms with E-state index in [4.69, 9.17) is 9.47 Å². The van der Waals surface area contributed by atoms with Crippen LogP contribution in [0.3, 0.4) is 0 Å². The fraction of sp³-hybridized carbons (Fsp3) is 0.481. The second-order valence-corrected chi connectivity index (χ2v) is 8.91. The molecule has 0 spiro atoms. The lowest BCUT2D eigenvalue weighted by atomic mass is 10.1. The summed E-state index contributed by atoms with van der Waals surface area (Å²) in [6, 6.07) is 14.9. The fourth-order valence-corrected chi connectivity index (χ4v) is 4.68. The van der Waals surface area contributed by atoms with Crippen molar-refractivity contribution in [2.75, 3.05) is 49.7 Å². The Kier molecular flexibility index (Phi) is 8.06. The van der Waals surface area contributed by atoms with Crippen LogP contribution in [0.5, 0.6) is 11.5 Å². The van der Waals surface area contributed by atoms with Gasteiger partial charge in [-0.25, -0.2) is 4.90 Å². The molecule has 4 rings (SSSR count). The molecular formula is C27H35N3O4. The normalized spacial score (nSPS) is 19.1. The van der Waals surface area contributed by atoms with Gasteiger partial charge in [0.1, 0.15) is 11.5 Å². The number of rotatable bonds is 10. The van der Waals surface area contributed by atoms with Gasteiger partial charge in [-0.15, -0.1) is 0 Å². The molecule has 7 nitrogen and oxygen atoms in total. The van der Waals surface area contributed by atoms with E-state index in [2.05, 4.69) is 22.8 Å². The van der Waals surface area contributed by atoms with E-state index < -0.39 is 6.04 Å². The number of benzene rings is 2.